The van der Waals surface area contributed by atoms with E-state index in [1.165, 1.54) is 17.0 Å². The van der Waals surface area contributed by atoms with E-state index < -0.39 is 23.5 Å². The number of amides is 1. The van der Waals surface area contributed by atoms with Gasteiger partial charge in [-0.15, -0.1) is 0 Å². The lowest BCUT2D eigenvalue weighted by molar-refractivity contribution is -0.139. The maximum Gasteiger partial charge on any atom is 0.419 e. The molecule has 4 heterocycles. The number of benzene rings is 1. The zero-order valence-corrected chi connectivity index (χ0v) is 23.1. The van der Waals surface area contributed by atoms with Crippen LogP contribution in [0.3, 0.4) is 0 Å². The molecule has 1 aromatic carbocycles. The molecule has 1 aliphatic carbocycles. The van der Waals surface area contributed by atoms with Gasteiger partial charge in [-0.25, -0.2) is 15.0 Å². The zero-order valence-electron chi connectivity index (χ0n) is 21.5. The van der Waals surface area contributed by atoms with Crippen molar-refractivity contribution < 1.29 is 27.5 Å². The first-order chi connectivity index (χ1) is 18.9. The first-order valence-electron chi connectivity index (χ1n) is 12.5. The number of methoxy groups -OCH3 is 1. The number of ether oxygens (including phenoxy) is 1. The number of likely N-dealkylation sites (tertiary alicyclic amines) is 1. The van der Waals surface area contributed by atoms with Crippen molar-refractivity contribution in [3.05, 3.63) is 52.5 Å². The summed E-state index contributed by atoms with van der Waals surface area (Å²) in [5.41, 5.74) is 6.06. The molecule has 6 rings (SSSR count). The Morgan fingerprint density at radius 2 is 2.00 bits per heavy atom. The van der Waals surface area contributed by atoms with E-state index in [0.29, 0.717) is 22.2 Å². The van der Waals surface area contributed by atoms with Gasteiger partial charge in [-0.1, -0.05) is 13.0 Å². The van der Waals surface area contributed by atoms with E-state index in [9.17, 15) is 22.8 Å². The minimum atomic E-state index is -4.68. The van der Waals surface area contributed by atoms with Gasteiger partial charge in [-0.05, 0) is 52.4 Å². The number of fused-ring (bicyclic) bond motifs is 4. The Balaban J connectivity index is 1.39. The molecule has 3 aromatic heterocycles. The van der Waals surface area contributed by atoms with Gasteiger partial charge in [0, 0.05) is 23.2 Å². The molecule has 1 aliphatic heterocycles. The van der Waals surface area contributed by atoms with Gasteiger partial charge in [0.25, 0.3) is 0 Å². The molecule has 2 fully saturated rings. The van der Waals surface area contributed by atoms with E-state index >= 15 is 0 Å². The molecule has 9 nitrogen and oxygen atoms in total. The number of rotatable bonds is 6. The number of hydrogen-bond acceptors (Lipinski definition) is 7. The maximum atomic E-state index is 13.9. The average molecular weight is 617 g/mol. The van der Waals surface area contributed by atoms with Gasteiger partial charge in [-0.2, -0.15) is 13.2 Å². The molecule has 4 aromatic rings. The van der Waals surface area contributed by atoms with Crippen LogP contribution in [0.4, 0.5) is 19.0 Å². The molecule has 0 radical (unpaired) electrons. The highest BCUT2D eigenvalue weighted by atomic mass is 79.9. The van der Waals surface area contributed by atoms with E-state index in [1.54, 1.807) is 23.1 Å². The molecular formula is C27H24BrF3N6O3. The molecule has 13 heteroatoms. The van der Waals surface area contributed by atoms with Gasteiger partial charge in [0.05, 0.1) is 36.0 Å². The minimum absolute atomic E-state index is 0.00925. The van der Waals surface area contributed by atoms with Crippen LogP contribution < -0.4 is 10.5 Å². The van der Waals surface area contributed by atoms with E-state index in [1.807, 2.05) is 0 Å². The van der Waals surface area contributed by atoms with Gasteiger partial charge in [-0.3, -0.25) is 9.59 Å². The van der Waals surface area contributed by atoms with Crippen molar-refractivity contribution in [2.24, 2.45) is 5.41 Å². The van der Waals surface area contributed by atoms with Crippen molar-refractivity contribution in [3.63, 3.8) is 0 Å². The smallest absolute Gasteiger partial charge is 0.419 e. The number of piperidine rings is 1. The largest absolute Gasteiger partial charge is 0.496 e. The van der Waals surface area contributed by atoms with Crippen LogP contribution in [0.15, 0.2) is 41.3 Å². The van der Waals surface area contributed by atoms with Gasteiger partial charge >= 0.3 is 6.18 Å². The molecule has 2 aliphatic rings. The second-order valence-electron chi connectivity index (χ2n) is 10.6. The molecule has 0 unspecified atom stereocenters. The summed E-state index contributed by atoms with van der Waals surface area (Å²) < 4.78 is 48.6. The zero-order chi connectivity index (χ0) is 28.6. The Bertz CT molecular complexity index is 1710. The Kier molecular flexibility index (Phi) is 6.06. The number of nitrogens with two attached hydrogens (primary N) is 1. The Morgan fingerprint density at radius 1 is 1.23 bits per heavy atom. The third-order valence-corrected chi connectivity index (χ3v) is 8.45. The quantitative estimate of drug-likeness (QED) is 0.316. The molecule has 40 heavy (non-hydrogen) atoms. The molecule has 1 saturated carbocycles. The van der Waals surface area contributed by atoms with Crippen molar-refractivity contribution in [2.45, 2.75) is 51.0 Å². The number of ketones is 1. The molecule has 2 N–H and O–H groups in total. The molecule has 0 spiro atoms. The normalized spacial score (nSPS) is 22.1. The van der Waals surface area contributed by atoms with Crippen molar-refractivity contribution in [3.8, 4) is 5.75 Å². The summed E-state index contributed by atoms with van der Waals surface area (Å²) in [7, 11) is 1.15. The van der Waals surface area contributed by atoms with Crippen LogP contribution in [-0.2, 0) is 28.7 Å². The standard InChI is InChI=1S/C27H24BrF3N6O3/c1-26-9-17(18(38)6-13-4-3-5-21(28)35-13)37(20(26)10-26)22(39)11-36-16-8-19(40-2)15(27(29,30)31)7-14(16)23-24(32)33-12-34-25(23)36/h3-5,7-8,12,17,20H,6,9-11H2,1-2H3,(H2,32,33,34)/t17-,20+,26-/m0/s1. The van der Waals surface area contributed by atoms with Crippen molar-refractivity contribution in [1.82, 2.24) is 24.4 Å². The average Bonchev–Trinajstić information content (AvgIpc) is 3.30. The highest BCUT2D eigenvalue weighted by Crippen LogP contribution is 2.59. The number of anilines is 1. The summed E-state index contributed by atoms with van der Waals surface area (Å²) in [5, 5.41) is 0.365. The molecule has 1 amide bonds. The minimum Gasteiger partial charge on any atom is -0.496 e. The van der Waals surface area contributed by atoms with E-state index in [-0.39, 0.29) is 58.4 Å². The number of Topliss-reactive ketones (excluding diaryl/α,β-unsaturated/α-hetero) is 1. The molecule has 208 valence electrons. The number of hydrogen-bond donors (Lipinski definition) is 1. The number of pyridine rings is 1. The summed E-state index contributed by atoms with van der Waals surface area (Å²) in [6.07, 6.45) is -2.08. The van der Waals surface area contributed by atoms with Crippen LogP contribution >= 0.6 is 15.9 Å². The summed E-state index contributed by atoms with van der Waals surface area (Å²) in [4.78, 5) is 41.6. The van der Waals surface area contributed by atoms with E-state index in [4.69, 9.17) is 10.5 Å². The Hall–Kier alpha value is -3.74. The second kappa shape index (κ2) is 9.15. The second-order valence-corrected chi connectivity index (χ2v) is 11.4. The molecule has 0 bridgehead atoms. The summed E-state index contributed by atoms with van der Waals surface area (Å²) in [5.74, 6) is -0.849. The van der Waals surface area contributed by atoms with Gasteiger partial charge in [0.2, 0.25) is 5.91 Å². The fourth-order valence-electron chi connectivity index (χ4n) is 5.98. The molecule has 3 atom stereocenters. The Morgan fingerprint density at radius 3 is 2.70 bits per heavy atom. The van der Waals surface area contributed by atoms with Crippen LogP contribution in [-0.4, -0.2) is 55.3 Å². The lowest BCUT2D eigenvalue weighted by Gasteiger charge is -2.27. The van der Waals surface area contributed by atoms with E-state index in [2.05, 4.69) is 37.8 Å². The number of halogens is 4. The van der Waals surface area contributed by atoms with Crippen molar-refractivity contribution >= 4 is 55.4 Å². The first-order valence-corrected chi connectivity index (χ1v) is 13.3. The van der Waals surface area contributed by atoms with Gasteiger partial charge in [0.15, 0.2) is 5.78 Å². The topological polar surface area (TPSA) is 116 Å². The lowest BCUT2D eigenvalue weighted by atomic mass is 9.97. The third-order valence-electron chi connectivity index (χ3n) is 8.01. The lowest BCUT2D eigenvalue weighted by Crippen LogP contribution is -2.45. The SMILES string of the molecule is COc1cc2c(cc1C(F)(F)F)c1c(N)ncnc1n2CC(=O)N1[C@H](C(=O)Cc2cccc(Br)n2)C[C@@]2(C)C[C@@H]12. The van der Waals surface area contributed by atoms with Crippen LogP contribution in [0.1, 0.15) is 31.0 Å². The summed E-state index contributed by atoms with van der Waals surface area (Å²) in [6.45, 7) is 1.80. The number of nitrogens with zero attached hydrogens (tertiary/aromatic N) is 5. The van der Waals surface area contributed by atoms with Crippen molar-refractivity contribution in [1.29, 1.82) is 0 Å². The molecular weight excluding hydrogens is 593 g/mol. The fraction of sp³-hybridized carbons (Fsp3) is 0.370. The van der Waals surface area contributed by atoms with Crippen LogP contribution in [0.5, 0.6) is 5.75 Å². The van der Waals surface area contributed by atoms with Crippen LogP contribution in [0.2, 0.25) is 0 Å². The van der Waals surface area contributed by atoms with Gasteiger partial charge in [0.1, 0.15) is 34.7 Å². The monoisotopic (exact) mass is 616 g/mol. The van der Waals surface area contributed by atoms with Crippen LogP contribution in [0, 0.1) is 5.41 Å². The highest BCUT2D eigenvalue weighted by molar-refractivity contribution is 9.10. The fourth-order valence-corrected chi connectivity index (χ4v) is 6.36. The number of aromatic nitrogens is 4. The third kappa shape index (κ3) is 4.27. The van der Waals surface area contributed by atoms with E-state index in [0.717, 1.165) is 19.6 Å². The predicted molar refractivity (Wildman–Crippen MR) is 143 cm³/mol. The number of nitrogen functional groups attached to an aromatic ring is 1. The summed E-state index contributed by atoms with van der Waals surface area (Å²) in [6, 6.07) is 6.78. The highest BCUT2D eigenvalue weighted by Gasteiger charge is 2.64. The van der Waals surface area contributed by atoms with Crippen molar-refractivity contribution in [2.75, 3.05) is 12.8 Å². The van der Waals surface area contributed by atoms with Crippen LogP contribution in [0.25, 0.3) is 21.9 Å². The number of carbonyl (C=O) groups is 2. The van der Waals surface area contributed by atoms with Gasteiger partial charge < -0.3 is 19.9 Å². The number of carbonyl (C=O) groups excluding carboxylic acids is 2. The predicted octanol–water partition coefficient (Wildman–Crippen LogP) is 4.54. The number of alkyl halides is 3. The Labute approximate surface area is 234 Å². The summed E-state index contributed by atoms with van der Waals surface area (Å²) >= 11 is 3.32. The molecule has 1 saturated heterocycles. The first kappa shape index (κ1) is 26.5. The maximum absolute atomic E-state index is 13.9.